The fraction of sp³-hybridized carbons (Fsp3) is 0.312. The number of carbonyl (C=O) groups excluding carboxylic acids is 1. The van der Waals surface area contributed by atoms with Crippen molar-refractivity contribution in [3.05, 3.63) is 48.4 Å². The summed E-state index contributed by atoms with van der Waals surface area (Å²) in [6.45, 7) is 5.36. The van der Waals surface area contributed by atoms with Crippen molar-refractivity contribution in [2.75, 3.05) is 17.2 Å². The molecule has 2 rings (SSSR count). The minimum atomic E-state index is -0.240. The summed E-state index contributed by atoms with van der Waals surface area (Å²) in [7, 11) is 0. The summed E-state index contributed by atoms with van der Waals surface area (Å²) < 4.78 is 5.04. The maximum absolute atomic E-state index is 11.8. The van der Waals surface area contributed by atoms with Gasteiger partial charge in [0, 0.05) is 17.9 Å². The average molecular weight is 272 g/mol. The number of amides is 1. The van der Waals surface area contributed by atoms with Gasteiger partial charge in [-0.05, 0) is 48.7 Å². The summed E-state index contributed by atoms with van der Waals surface area (Å²) in [6, 6.07) is 11.0. The Morgan fingerprint density at radius 1 is 1.15 bits per heavy atom. The second-order valence-electron chi connectivity index (χ2n) is 5.12. The van der Waals surface area contributed by atoms with E-state index in [0.717, 1.165) is 24.3 Å². The first-order chi connectivity index (χ1) is 9.65. The van der Waals surface area contributed by atoms with E-state index in [1.807, 2.05) is 24.3 Å². The first kappa shape index (κ1) is 14.2. The summed E-state index contributed by atoms with van der Waals surface area (Å²) in [6.07, 6.45) is 2.62. The van der Waals surface area contributed by atoms with E-state index in [9.17, 15) is 4.79 Å². The van der Waals surface area contributed by atoms with Gasteiger partial charge in [0.1, 0.15) is 0 Å². The molecular formula is C16H20N2O2. The van der Waals surface area contributed by atoms with Gasteiger partial charge in [-0.3, -0.25) is 4.79 Å². The monoisotopic (exact) mass is 272 g/mol. The summed E-state index contributed by atoms with van der Waals surface area (Å²) in [5, 5.41) is 6.14. The molecule has 2 aromatic rings. The van der Waals surface area contributed by atoms with E-state index in [4.69, 9.17) is 4.42 Å². The molecule has 1 aromatic carbocycles. The summed E-state index contributed by atoms with van der Waals surface area (Å²) in [4.78, 5) is 11.8. The number of hydrogen-bond acceptors (Lipinski definition) is 3. The second kappa shape index (κ2) is 6.80. The zero-order valence-corrected chi connectivity index (χ0v) is 11.8. The predicted octanol–water partition coefficient (Wildman–Crippen LogP) is 3.99. The van der Waals surface area contributed by atoms with Crippen molar-refractivity contribution >= 4 is 17.3 Å². The molecule has 0 aliphatic rings. The van der Waals surface area contributed by atoms with Crippen LogP contribution >= 0.6 is 0 Å². The molecule has 0 atom stereocenters. The number of anilines is 2. The third kappa shape index (κ3) is 4.16. The quantitative estimate of drug-likeness (QED) is 0.836. The van der Waals surface area contributed by atoms with Crippen LogP contribution in [-0.2, 0) is 0 Å². The Morgan fingerprint density at radius 3 is 2.45 bits per heavy atom. The number of carbonyl (C=O) groups is 1. The zero-order valence-electron chi connectivity index (χ0n) is 11.8. The first-order valence-corrected chi connectivity index (χ1v) is 6.84. The molecule has 0 fully saturated rings. The lowest BCUT2D eigenvalue weighted by Gasteiger charge is -2.09. The van der Waals surface area contributed by atoms with Gasteiger partial charge >= 0.3 is 0 Å². The van der Waals surface area contributed by atoms with Gasteiger partial charge in [-0.25, -0.2) is 0 Å². The van der Waals surface area contributed by atoms with Gasteiger partial charge < -0.3 is 15.1 Å². The Kier molecular flexibility index (Phi) is 4.82. The maximum atomic E-state index is 11.8. The van der Waals surface area contributed by atoms with E-state index in [-0.39, 0.29) is 5.91 Å². The largest absolute Gasteiger partial charge is 0.459 e. The molecule has 0 unspecified atom stereocenters. The van der Waals surface area contributed by atoms with E-state index in [2.05, 4.69) is 24.5 Å². The Bertz CT molecular complexity index is 530. The first-order valence-electron chi connectivity index (χ1n) is 6.84. The van der Waals surface area contributed by atoms with E-state index < -0.39 is 0 Å². The number of rotatable bonds is 6. The molecule has 0 radical (unpaired) electrons. The Morgan fingerprint density at radius 2 is 1.85 bits per heavy atom. The van der Waals surface area contributed by atoms with Gasteiger partial charge in [0.05, 0.1) is 6.26 Å². The van der Waals surface area contributed by atoms with Crippen LogP contribution in [0.2, 0.25) is 0 Å². The molecule has 1 aromatic heterocycles. The minimum Gasteiger partial charge on any atom is -0.459 e. The highest BCUT2D eigenvalue weighted by molar-refractivity contribution is 6.02. The standard InChI is InChI=1S/C16H20N2O2/c1-12(2)9-10-17-13-5-7-14(8-6-13)18-16(19)15-4-3-11-20-15/h3-8,11-12,17H,9-10H2,1-2H3,(H,18,19). The topological polar surface area (TPSA) is 54.3 Å². The van der Waals surface area contributed by atoms with Crippen LogP contribution in [0.15, 0.2) is 47.1 Å². The summed E-state index contributed by atoms with van der Waals surface area (Å²) in [5.74, 6) is 0.758. The lowest BCUT2D eigenvalue weighted by molar-refractivity contribution is 0.0996. The molecule has 1 heterocycles. The Labute approximate surface area is 119 Å². The van der Waals surface area contributed by atoms with Crippen LogP contribution in [0.3, 0.4) is 0 Å². The Hall–Kier alpha value is -2.23. The number of nitrogens with one attached hydrogen (secondary N) is 2. The molecule has 0 saturated heterocycles. The average Bonchev–Trinajstić information content (AvgIpc) is 2.94. The summed E-state index contributed by atoms with van der Waals surface area (Å²) in [5.41, 5.74) is 1.81. The number of furan rings is 1. The predicted molar refractivity (Wildman–Crippen MR) is 81.0 cm³/mol. The normalized spacial score (nSPS) is 10.6. The molecule has 0 aliphatic heterocycles. The van der Waals surface area contributed by atoms with Gasteiger partial charge in [0.2, 0.25) is 0 Å². The van der Waals surface area contributed by atoms with Gasteiger partial charge in [0.25, 0.3) is 5.91 Å². The highest BCUT2D eigenvalue weighted by Gasteiger charge is 2.08. The molecule has 0 aliphatic carbocycles. The van der Waals surface area contributed by atoms with E-state index in [1.165, 1.54) is 6.26 Å². The van der Waals surface area contributed by atoms with Crippen LogP contribution < -0.4 is 10.6 Å². The van der Waals surface area contributed by atoms with E-state index >= 15 is 0 Å². The summed E-state index contributed by atoms with van der Waals surface area (Å²) >= 11 is 0. The van der Waals surface area contributed by atoms with Crippen LogP contribution in [0.25, 0.3) is 0 Å². The molecule has 0 spiro atoms. The minimum absolute atomic E-state index is 0.240. The lowest BCUT2D eigenvalue weighted by Crippen LogP contribution is -2.10. The van der Waals surface area contributed by atoms with Gasteiger partial charge in [0.15, 0.2) is 5.76 Å². The fourth-order valence-corrected chi connectivity index (χ4v) is 1.78. The zero-order chi connectivity index (χ0) is 14.4. The molecule has 106 valence electrons. The fourth-order valence-electron chi connectivity index (χ4n) is 1.78. The Balaban J connectivity index is 1.87. The highest BCUT2D eigenvalue weighted by Crippen LogP contribution is 2.15. The lowest BCUT2D eigenvalue weighted by atomic mass is 10.1. The van der Waals surface area contributed by atoms with Crippen LogP contribution in [0.1, 0.15) is 30.8 Å². The van der Waals surface area contributed by atoms with Gasteiger partial charge in [-0.15, -0.1) is 0 Å². The molecule has 0 saturated carbocycles. The molecule has 4 nitrogen and oxygen atoms in total. The van der Waals surface area contributed by atoms with Crippen molar-refractivity contribution in [1.29, 1.82) is 0 Å². The van der Waals surface area contributed by atoms with Crippen molar-refractivity contribution in [3.8, 4) is 0 Å². The van der Waals surface area contributed by atoms with Crippen LogP contribution in [0.5, 0.6) is 0 Å². The van der Waals surface area contributed by atoms with Crippen LogP contribution in [-0.4, -0.2) is 12.5 Å². The number of benzene rings is 1. The van der Waals surface area contributed by atoms with Crippen molar-refractivity contribution < 1.29 is 9.21 Å². The molecule has 0 bridgehead atoms. The molecule has 1 amide bonds. The van der Waals surface area contributed by atoms with Crippen molar-refractivity contribution in [3.63, 3.8) is 0 Å². The molecule has 2 N–H and O–H groups in total. The van der Waals surface area contributed by atoms with Crippen molar-refractivity contribution in [2.24, 2.45) is 5.92 Å². The maximum Gasteiger partial charge on any atom is 0.291 e. The molecule has 4 heteroatoms. The van der Waals surface area contributed by atoms with Crippen molar-refractivity contribution in [2.45, 2.75) is 20.3 Å². The van der Waals surface area contributed by atoms with Crippen LogP contribution in [0.4, 0.5) is 11.4 Å². The van der Waals surface area contributed by atoms with E-state index in [0.29, 0.717) is 11.7 Å². The van der Waals surface area contributed by atoms with Crippen LogP contribution in [0, 0.1) is 5.92 Å². The number of hydrogen-bond donors (Lipinski definition) is 2. The highest BCUT2D eigenvalue weighted by atomic mass is 16.3. The van der Waals surface area contributed by atoms with E-state index in [1.54, 1.807) is 12.1 Å². The van der Waals surface area contributed by atoms with Crippen molar-refractivity contribution in [1.82, 2.24) is 0 Å². The van der Waals surface area contributed by atoms with Gasteiger partial charge in [-0.1, -0.05) is 13.8 Å². The molecular weight excluding hydrogens is 252 g/mol. The third-order valence-corrected chi connectivity index (χ3v) is 2.94. The third-order valence-electron chi connectivity index (χ3n) is 2.94. The SMILES string of the molecule is CC(C)CCNc1ccc(NC(=O)c2ccco2)cc1. The molecule has 20 heavy (non-hydrogen) atoms. The second-order valence-corrected chi connectivity index (χ2v) is 5.12. The van der Waals surface area contributed by atoms with Gasteiger partial charge in [-0.2, -0.15) is 0 Å². The smallest absolute Gasteiger partial charge is 0.291 e.